The lowest BCUT2D eigenvalue weighted by Crippen LogP contribution is -2.51. The summed E-state index contributed by atoms with van der Waals surface area (Å²) in [6, 6.07) is 0. The van der Waals surface area contributed by atoms with Crippen LogP contribution >= 0.6 is 47.8 Å². The fourth-order valence-electron chi connectivity index (χ4n) is 4.63. The second-order valence-electron chi connectivity index (χ2n) is 12.5. The van der Waals surface area contributed by atoms with E-state index in [4.69, 9.17) is 0 Å². The summed E-state index contributed by atoms with van der Waals surface area (Å²) in [7, 11) is 0. The van der Waals surface area contributed by atoms with E-state index < -0.39 is 146 Å². The first kappa shape index (κ1) is 50.5. The first-order valence-corrected chi connectivity index (χ1v) is 18.4. The molecule has 0 bridgehead atoms. The van der Waals surface area contributed by atoms with Crippen LogP contribution in [0.3, 0.4) is 0 Å². The molecule has 1 aromatic carbocycles. The molecule has 0 aliphatic heterocycles. The highest BCUT2D eigenvalue weighted by Gasteiger charge is 2.37. The summed E-state index contributed by atoms with van der Waals surface area (Å²) >= 11 is 9.28. The minimum atomic E-state index is -2.10. The molecule has 1 rings (SSSR count). The maximum absolute atomic E-state index is 13.5. The van der Waals surface area contributed by atoms with Gasteiger partial charge < -0.3 is 92.5 Å². The standard InChI is InChI=1S/C30H48Br3N3O18/c1-7(37)19(43)25(49)22(46)10(40)4-34-28(52)13-16(31)14(29(53)35-5-11(41)23(47)26(50)20(44)8(2)38)18(33)15(17(13)32)30(54)36-6-12(42)24(48)27(51)21(45)9(3)39/h7-12,19-27,37-51H,4-6H2,1-3H3,(H,34,52)(H,35,53)(H,36,54). The summed E-state index contributed by atoms with van der Waals surface area (Å²) in [6.45, 7) is 0.829. The maximum atomic E-state index is 13.5. The van der Waals surface area contributed by atoms with E-state index in [0.717, 1.165) is 20.8 Å². The van der Waals surface area contributed by atoms with Crippen molar-refractivity contribution in [3.05, 3.63) is 30.1 Å². The van der Waals surface area contributed by atoms with Gasteiger partial charge in [0, 0.05) is 33.1 Å². The van der Waals surface area contributed by atoms with Gasteiger partial charge in [0.2, 0.25) is 0 Å². The van der Waals surface area contributed by atoms with Gasteiger partial charge in [-0.05, 0) is 68.6 Å². The second kappa shape index (κ2) is 22.4. The molecule has 15 atom stereocenters. The minimum absolute atomic E-state index is 0.363. The number of halogens is 3. The Balaban J connectivity index is 3.55. The number of aliphatic hydroxyl groups excluding tert-OH is 15. The van der Waals surface area contributed by atoms with Gasteiger partial charge in [-0.25, -0.2) is 0 Å². The molecule has 0 saturated heterocycles. The first-order valence-electron chi connectivity index (χ1n) is 16.1. The van der Waals surface area contributed by atoms with Crippen LogP contribution in [-0.2, 0) is 0 Å². The Morgan fingerprint density at radius 3 is 0.741 bits per heavy atom. The van der Waals surface area contributed by atoms with Gasteiger partial charge >= 0.3 is 0 Å². The fraction of sp³-hybridized carbons (Fsp3) is 0.700. The summed E-state index contributed by atoms with van der Waals surface area (Å²) in [5.41, 5.74) is -1.61. The lowest BCUT2D eigenvalue weighted by molar-refractivity contribution is -0.129. The van der Waals surface area contributed by atoms with Crippen molar-refractivity contribution in [2.24, 2.45) is 0 Å². The van der Waals surface area contributed by atoms with Gasteiger partial charge in [-0.2, -0.15) is 0 Å². The number of rotatable bonds is 21. The Labute approximate surface area is 333 Å². The Hall–Kier alpha value is -1.53. The molecule has 3 amide bonds. The molecule has 0 aliphatic carbocycles. The van der Waals surface area contributed by atoms with Crippen molar-refractivity contribution < 1.29 is 91.0 Å². The minimum Gasteiger partial charge on any atom is -0.391 e. The highest BCUT2D eigenvalue weighted by Crippen LogP contribution is 2.39. The van der Waals surface area contributed by atoms with Crippen LogP contribution < -0.4 is 16.0 Å². The molecular formula is C30H48Br3N3O18. The molecule has 54 heavy (non-hydrogen) atoms. The maximum Gasteiger partial charge on any atom is 0.253 e. The number of amides is 3. The summed E-state index contributed by atoms with van der Waals surface area (Å²) in [6.07, 6.45) is -28.6. The first-order chi connectivity index (χ1) is 24.8. The van der Waals surface area contributed by atoms with Gasteiger partial charge in [-0.15, -0.1) is 0 Å². The zero-order chi connectivity index (χ0) is 42.1. The van der Waals surface area contributed by atoms with Crippen molar-refractivity contribution in [2.75, 3.05) is 19.6 Å². The Bertz CT molecular complexity index is 1230. The topological polar surface area (TPSA) is 391 Å². The number of hydrogen-bond donors (Lipinski definition) is 18. The van der Waals surface area contributed by atoms with Crippen molar-refractivity contribution in [3.63, 3.8) is 0 Å². The highest BCUT2D eigenvalue weighted by atomic mass is 79.9. The third-order valence-corrected chi connectivity index (χ3v) is 10.6. The van der Waals surface area contributed by atoms with Crippen LogP contribution in [0.25, 0.3) is 0 Å². The highest BCUT2D eigenvalue weighted by molar-refractivity contribution is 9.11. The van der Waals surface area contributed by atoms with Crippen LogP contribution in [0.4, 0.5) is 0 Å². The summed E-state index contributed by atoms with van der Waals surface area (Å²) in [5, 5.41) is 156. The lowest BCUT2D eigenvalue weighted by Gasteiger charge is -2.28. The van der Waals surface area contributed by atoms with Crippen LogP contribution in [-0.4, -0.2) is 206 Å². The number of carbonyl (C=O) groups is 3. The molecule has 0 heterocycles. The molecule has 24 heteroatoms. The van der Waals surface area contributed by atoms with Crippen molar-refractivity contribution >= 4 is 65.5 Å². The molecule has 0 aromatic heterocycles. The second-order valence-corrected chi connectivity index (χ2v) is 14.9. The molecule has 0 saturated carbocycles. The summed E-state index contributed by atoms with van der Waals surface area (Å²) in [5.74, 6) is -3.47. The van der Waals surface area contributed by atoms with E-state index in [1.165, 1.54) is 0 Å². The van der Waals surface area contributed by atoms with Crippen molar-refractivity contribution in [1.29, 1.82) is 0 Å². The Morgan fingerprint density at radius 1 is 0.389 bits per heavy atom. The Kier molecular flexibility index (Phi) is 21.0. The van der Waals surface area contributed by atoms with Gasteiger partial charge in [-0.1, -0.05) is 0 Å². The van der Waals surface area contributed by atoms with E-state index in [1.54, 1.807) is 0 Å². The molecule has 15 unspecified atom stereocenters. The number of aliphatic hydroxyl groups is 15. The SMILES string of the molecule is CC(O)C(O)C(O)C(O)C(O)CNC(=O)c1c(Br)c(C(=O)NCC(O)C(O)C(O)C(O)C(C)O)c(Br)c(C(=O)NCC(O)C(O)C(O)C(O)C(C)O)c1Br. The average Bonchev–Trinajstić information content (AvgIpc) is 3.11. The van der Waals surface area contributed by atoms with Crippen LogP contribution in [0.15, 0.2) is 13.4 Å². The predicted molar refractivity (Wildman–Crippen MR) is 194 cm³/mol. The molecule has 1 aromatic rings. The monoisotopic (exact) mass is 975 g/mol. The summed E-state index contributed by atoms with van der Waals surface area (Å²) in [4.78, 5) is 40.5. The molecule has 0 spiro atoms. The van der Waals surface area contributed by atoms with Crippen LogP contribution in [0.1, 0.15) is 51.8 Å². The third kappa shape index (κ3) is 13.0. The molecular weight excluding hydrogens is 930 g/mol. The molecule has 0 fully saturated rings. The van der Waals surface area contributed by atoms with Crippen LogP contribution in [0.2, 0.25) is 0 Å². The zero-order valence-corrected chi connectivity index (χ0v) is 33.6. The van der Waals surface area contributed by atoms with Crippen molar-refractivity contribution in [1.82, 2.24) is 16.0 Å². The quantitative estimate of drug-likeness (QED) is 0.0545. The number of nitrogens with one attached hydrogen (secondary N) is 3. The smallest absolute Gasteiger partial charge is 0.253 e. The number of hydrogen-bond acceptors (Lipinski definition) is 18. The van der Waals surface area contributed by atoms with Gasteiger partial charge in [0.05, 0.1) is 53.3 Å². The fourth-order valence-corrected chi connectivity index (χ4v) is 7.69. The van der Waals surface area contributed by atoms with Gasteiger partial charge in [0.15, 0.2) is 0 Å². The van der Waals surface area contributed by atoms with Crippen molar-refractivity contribution in [3.8, 4) is 0 Å². The van der Waals surface area contributed by atoms with Gasteiger partial charge in [0.25, 0.3) is 17.7 Å². The lowest BCUT2D eigenvalue weighted by atomic mass is 9.99. The normalized spacial score (nSPS) is 20.4. The third-order valence-electron chi connectivity index (χ3n) is 8.18. The summed E-state index contributed by atoms with van der Waals surface area (Å²) < 4.78 is -1.09. The number of benzene rings is 1. The van der Waals surface area contributed by atoms with E-state index in [9.17, 15) is 91.0 Å². The van der Waals surface area contributed by atoms with Gasteiger partial charge in [-0.3, -0.25) is 14.4 Å². The largest absolute Gasteiger partial charge is 0.391 e. The molecule has 21 nitrogen and oxygen atoms in total. The molecule has 0 radical (unpaired) electrons. The number of carbonyl (C=O) groups excluding carboxylic acids is 3. The van der Waals surface area contributed by atoms with E-state index >= 15 is 0 Å². The van der Waals surface area contributed by atoms with E-state index in [-0.39, 0.29) is 13.4 Å². The van der Waals surface area contributed by atoms with E-state index in [2.05, 4.69) is 63.7 Å². The predicted octanol–water partition coefficient (Wildman–Crippen LogP) is -6.36. The van der Waals surface area contributed by atoms with E-state index in [1.807, 2.05) is 0 Å². The van der Waals surface area contributed by atoms with E-state index in [0.29, 0.717) is 0 Å². The van der Waals surface area contributed by atoms with Crippen LogP contribution in [0, 0.1) is 0 Å². The van der Waals surface area contributed by atoms with Crippen LogP contribution in [0.5, 0.6) is 0 Å². The average molecular weight is 978 g/mol. The van der Waals surface area contributed by atoms with Gasteiger partial charge in [0.1, 0.15) is 54.9 Å². The Morgan fingerprint density at radius 2 is 0.574 bits per heavy atom. The molecule has 312 valence electrons. The molecule has 18 N–H and O–H groups in total. The zero-order valence-electron chi connectivity index (χ0n) is 28.8. The molecule has 0 aliphatic rings. The van der Waals surface area contributed by atoms with Crippen molar-refractivity contribution in [2.45, 2.75) is 112 Å².